The first-order chi connectivity index (χ1) is 16.6. The number of benzene rings is 2. The van der Waals surface area contributed by atoms with Gasteiger partial charge < -0.3 is 4.74 Å². The van der Waals surface area contributed by atoms with Crippen LogP contribution in [0.3, 0.4) is 0 Å². The molecule has 0 aromatic heterocycles. The predicted molar refractivity (Wildman–Crippen MR) is 137 cm³/mol. The number of Topliss-reactive ketones (excluding diaryl/α,β-unsaturated/α-hetero) is 1. The highest BCUT2D eigenvalue weighted by Crippen LogP contribution is 2.59. The minimum atomic E-state index is -0.0315. The molecule has 1 saturated heterocycles. The lowest BCUT2D eigenvalue weighted by Gasteiger charge is -2.48. The number of rotatable bonds is 5. The second-order valence-corrected chi connectivity index (χ2v) is 11.5. The second-order valence-electron chi connectivity index (χ2n) is 11.5. The van der Waals surface area contributed by atoms with E-state index in [0.717, 1.165) is 44.6 Å². The SMILES string of the molecule is C[C@]12CC[C@@H]3c4ccc(-c5ccc(OCCN6CCCCC6)cc5)cc4CC[C@H]3[C@@H]1CCC2=O. The number of piperidine rings is 1. The molecule has 2 saturated carbocycles. The first-order valence-electron chi connectivity index (χ1n) is 13.7. The summed E-state index contributed by atoms with van der Waals surface area (Å²) >= 11 is 0. The monoisotopic (exact) mass is 457 g/mol. The summed E-state index contributed by atoms with van der Waals surface area (Å²) in [5.41, 5.74) is 5.66. The van der Waals surface area contributed by atoms with Crippen LogP contribution < -0.4 is 4.74 Å². The van der Waals surface area contributed by atoms with E-state index in [4.69, 9.17) is 4.74 Å². The number of carbonyl (C=O) groups is 1. The number of carbonyl (C=O) groups excluding carboxylic acids is 1. The Hall–Kier alpha value is -2.13. The number of ether oxygens (including phenoxy) is 1. The number of hydrogen-bond donors (Lipinski definition) is 0. The summed E-state index contributed by atoms with van der Waals surface area (Å²) in [6, 6.07) is 15.8. The van der Waals surface area contributed by atoms with E-state index in [2.05, 4.69) is 54.3 Å². The van der Waals surface area contributed by atoms with Gasteiger partial charge in [0.25, 0.3) is 0 Å². The van der Waals surface area contributed by atoms with Crippen molar-refractivity contribution in [1.29, 1.82) is 0 Å². The first kappa shape index (κ1) is 22.3. The summed E-state index contributed by atoms with van der Waals surface area (Å²) in [6.45, 7) is 6.51. The van der Waals surface area contributed by atoms with Crippen molar-refractivity contribution in [2.75, 3.05) is 26.2 Å². The van der Waals surface area contributed by atoms with Gasteiger partial charge in [-0.05, 0) is 110 Å². The van der Waals surface area contributed by atoms with Crippen molar-refractivity contribution >= 4 is 5.78 Å². The minimum absolute atomic E-state index is 0.0315. The molecule has 3 aliphatic carbocycles. The van der Waals surface area contributed by atoms with Gasteiger partial charge >= 0.3 is 0 Å². The molecule has 34 heavy (non-hydrogen) atoms. The second kappa shape index (κ2) is 9.15. The van der Waals surface area contributed by atoms with Gasteiger partial charge in [-0.2, -0.15) is 0 Å². The van der Waals surface area contributed by atoms with E-state index in [0.29, 0.717) is 23.5 Å². The average Bonchev–Trinajstić information content (AvgIpc) is 3.19. The van der Waals surface area contributed by atoms with Gasteiger partial charge in [0.2, 0.25) is 0 Å². The fourth-order valence-corrected chi connectivity index (χ4v) is 7.75. The maximum Gasteiger partial charge on any atom is 0.139 e. The Morgan fingerprint density at radius 2 is 1.74 bits per heavy atom. The third kappa shape index (κ3) is 4.00. The van der Waals surface area contributed by atoms with Crippen LogP contribution >= 0.6 is 0 Å². The van der Waals surface area contributed by atoms with E-state index in [-0.39, 0.29) is 5.41 Å². The minimum Gasteiger partial charge on any atom is -0.492 e. The van der Waals surface area contributed by atoms with Crippen LogP contribution in [0.4, 0.5) is 0 Å². The Kier molecular flexibility index (Phi) is 6.01. The molecule has 3 nitrogen and oxygen atoms in total. The van der Waals surface area contributed by atoms with E-state index >= 15 is 0 Å². The lowest BCUT2D eigenvalue weighted by molar-refractivity contribution is -0.129. The lowest BCUT2D eigenvalue weighted by Crippen LogP contribution is -2.42. The molecule has 6 rings (SSSR count). The molecule has 1 aliphatic heterocycles. The number of hydrogen-bond acceptors (Lipinski definition) is 3. The summed E-state index contributed by atoms with van der Waals surface area (Å²) in [5.74, 6) is 3.46. The summed E-state index contributed by atoms with van der Waals surface area (Å²) < 4.78 is 6.03. The number of fused-ring (bicyclic) bond motifs is 5. The third-order valence-electron chi connectivity index (χ3n) is 9.75. The molecule has 3 fully saturated rings. The Morgan fingerprint density at radius 1 is 0.941 bits per heavy atom. The molecule has 2 aromatic carbocycles. The largest absolute Gasteiger partial charge is 0.492 e. The van der Waals surface area contributed by atoms with Crippen LogP contribution in [0.15, 0.2) is 42.5 Å². The van der Waals surface area contributed by atoms with Gasteiger partial charge in [0.1, 0.15) is 18.1 Å². The standard InChI is InChI=1S/C31H39NO2/c1-31-16-15-27-26-11-7-23(21-24(26)8-12-28(27)29(31)13-14-30(31)33)22-5-9-25(10-6-22)34-20-19-32-17-3-2-4-18-32/h5-7,9-11,21,27-29H,2-4,8,12-20H2,1H3/t27-,28-,29+,31+/m1/s1. The molecule has 0 unspecified atom stereocenters. The zero-order chi connectivity index (χ0) is 23.1. The Balaban J connectivity index is 1.12. The molecule has 0 bridgehead atoms. The van der Waals surface area contributed by atoms with Crippen LogP contribution in [0.5, 0.6) is 5.75 Å². The Bertz CT molecular complexity index is 1040. The van der Waals surface area contributed by atoms with Crippen LogP contribution in [-0.4, -0.2) is 36.9 Å². The summed E-state index contributed by atoms with van der Waals surface area (Å²) in [7, 11) is 0. The molecule has 180 valence electrons. The molecular weight excluding hydrogens is 418 g/mol. The van der Waals surface area contributed by atoms with E-state index in [1.165, 1.54) is 61.9 Å². The van der Waals surface area contributed by atoms with Gasteiger partial charge in [0.15, 0.2) is 0 Å². The third-order valence-corrected chi connectivity index (χ3v) is 9.75. The fraction of sp³-hybridized carbons (Fsp3) is 0.581. The molecule has 4 aliphatic rings. The highest BCUT2D eigenvalue weighted by molar-refractivity contribution is 5.87. The summed E-state index contributed by atoms with van der Waals surface area (Å²) in [5, 5.41) is 0. The molecule has 3 heteroatoms. The highest BCUT2D eigenvalue weighted by atomic mass is 16.5. The Morgan fingerprint density at radius 3 is 2.56 bits per heavy atom. The van der Waals surface area contributed by atoms with Gasteiger partial charge in [0.05, 0.1) is 0 Å². The van der Waals surface area contributed by atoms with Gasteiger partial charge in [-0.25, -0.2) is 0 Å². The van der Waals surface area contributed by atoms with Crippen molar-refractivity contribution in [2.45, 2.75) is 70.6 Å². The van der Waals surface area contributed by atoms with Crippen LogP contribution in [0, 0.1) is 17.3 Å². The fourth-order valence-electron chi connectivity index (χ4n) is 7.75. The topological polar surface area (TPSA) is 29.5 Å². The molecule has 4 atom stereocenters. The van der Waals surface area contributed by atoms with Crippen LogP contribution in [0.2, 0.25) is 0 Å². The maximum absolute atomic E-state index is 12.6. The van der Waals surface area contributed by atoms with Gasteiger partial charge in [-0.15, -0.1) is 0 Å². The Labute approximate surface area is 204 Å². The van der Waals surface area contributed by atoms with Gasteiger partial charge in [0, 0.05) is 18.4 Å². The first-order valence-corrected chi connectivity index (χ1v) is 13.7. The normalized spacial score (nSPS) is 31.0. The average molecular weight is 458 g/mol. The van der Waals surface area contributed by atoms with Gasteiger partial charge in [-0.1, -0.05) is 43.7 Å². The summed E-state index contributed by atoms with van der Waals surface area (Å²) in [6.07, 6.45) is 10.6. The van der Waals surface area contributed by atoms with Gasteiger partial charge in [-0.3, -0.25) is 9.69 Å². The van der Waals surface area contributed by atoms with Crippen molar-refractivity contribution < 1.29 is 9.53 Å². The smallest absolute Gasteiger partial charge is 0.139 e. The summed E-state index contributed by atoms with van der Waals surface area (Å²) in [4.78, 5) is 15.1. The lowest BCUT2D eigenvalue weighted by atomic mass is 9.55. The number of likely N-dealkylation sites (tertiary alicyclic amines) is 1. The van der Waals surface area contributed by atoms with Crippen molar-refractivity contribution in [1.82, 2.24) is 4.90 Å². The number of ketones is 1. The quantitative estimate of drug-likeness (QED) is 0.504. The number of nitrogens with zero attached hydrogens (tertiary/aromatic N) is 1. The van der Waals surface area contributed by atoms with Crippen molar-refractivity contribution in [2.24, 2.45) is 17.3 Å². The number of aryl methyl sites for hydroxylation is 1. The molecule has 0 radical (unpaired) electrons. The highest BCUT2D eigenvalue weighted by Gasteiger charge is 2.54. The molecular formula is C31H39NO2. The van der Waals surface area contributed by atoms with E-state index < -0.39 is 0 Å². The van der Waals surface area contributed by atoms with Crippen molar-refractivity contribution in [3.63, 3.8) is 0 Å². The molecule has 0 N–H and O–H groups in total. The zero-order valence-corrected chi connectivity index (χ0v) is 20.7. The van der Waals surface area contributed by atoms with E-state index in [9.17, 15) is 4.79 Å². The van der Waals surface area contributed by atoms with Crippen LogP contribution in [0.25, 0.3) is 11.1 Å². The van der Waals surface area contributed by atoms with E-state index in [1.807, 2.05) is 0 Å². The van der Waals surface area contributed by atoms with Crippen LogP contribution in [-0.2, 0) is 11.2 Å². The zero-order valence-electron chi connectivity index (χ0n) is 20.7. The molecule has 0 spiro atoms. The molecule has 1 heterocycles. The van der Waals surface area contributed by atoms with E-state index in [1.54, 1.807) is 5.56 Å². The molecule has 0 amide bonds. The predicted octanol–water partition coefficient (Wildman–Crippen LogP) is 6.64. The molecule has 2 aromatic rings. The van der Waals surface area contributed by atoms with Crippen molar-refractivity contribution in [3.8, 4) is 16.9 Å². The maximum atomic E-state index is 12.6. The van der Waals surface area contributed by atoms with Crippen LogP contribution in [0.1, 0.15) is 75.3 Å². The van der Waals surface area contributed by atoms with Crippen molar-refractivity contribution in [3.05, 3.63) is 53.6 Å².